The van der Waals surface area contributed by atoms with Crippen molar-refractivity contribution in [3.05, 3.63) is 11.3 Å². The first-order chi connectivity index (χ1) is 16.3. The number of nitrogen functional groups attached to an aromatic ring is 1. The molecule has 0 aliphatic carbocycles. The number of carboxylic acid groups (broad SMARTS) is 1. The third-order valence-electron chi connectivity index (χ3n) is 4.89. The molecule has 34 heavy (non-hydrogen) atoms. The number of carbonyl (C=O) groups excluding carboxylic acids is 2. The highest BCUT2D eigenvalue weighted by Gasteiger charge is 2.57. The van der Waals surface area contributed by atoms with Gasteiger partial charge in [-0.1, -0.05) is 28.3 Å². The van der Waals surface area contributed by atoms with E-state index < -0.39 is 28.7 Å². The van der Waals surface area contributed by atoms with Crippen molar-refractivity contribution in [2.45, 2.75) is 15.8 Å². The van der Waals surface area contributed by atoms with E-state index in [0.717, 1.165) is 11.5 Å². The number of aromatic nitrogens is 4. The highest BCUT2D eigenvalue weighted by molar-refractivity contribution is 8.01. The van der Waals surface area contributed by atoms with Crippen LogP contribution in [0.2, 0.25) is 0 Å². The molecular weight excluding hydrogens is 545 g/mol. The standard InChI is InChI=1S/C16H18N8O5S5/c1-30-6-29-22-7(9-20-14(17)34-23-9)10(25)19-8-11(26)24-2-16(13(27)28,3-31-12(8)24)4-32-15-21-18-5-33-15/h5,8,12H,2-4,6H2,1H3,(H,19,25)(H,27,28)(H2,17,20,23)/t8?,12-,16?/m1/s1. The quantitative estimate of drug-likeness (QED) is 0.0896. The zero-order valence-electron chi connectivity index (χ0n) is 17.4. The van der Waals surface area contributed by atoms with Gasteiger partial charge in [-0.15, -0.1) is 33.7 Å². The molecule has 0 aromatic carbocycles. The number of aliphatic carboxylic acids is 1. The van der Waals surface area contributed by atoms with E-state index in [1.54, 1.807) is 11.8 Å². The first-order valence-electron chi connectivity index (χ1n) is 9.48. The van der Waals surface area contributed by atoms with Crippen LogP contribution in [0.4, 0.5) is 5.13 Å². The molecule has 4 heterocycles. The highest BCUT2D eigenvalue weighted by Crippen LogP contribution is 2.44. The first kappa shape index (κ1) is 25.0. The highest BCUT2D eigenvalue weighted by atomic mass is 32.2. The van der Waals surface area contributed by atoms with Gasteiger partial charge in [0.1, 0.15) is 22.3 Å². The fourth-order valence-corrected chi connectivity index (χ4v) is 7.14. The molecule has 2 aliphatic heterocycles. The van der Waals surface area contributed by atoms with Gasteiger partial charge in [-0.2, -0.15) is 9.36 Å². The zero-order valence-corrected chi connectivity index (χ0v) is 21.5. The maximum absolute atomic E-state index is 12.9. The monoisotopic (exact) mass is 562 g/mol. The van der Waals surface area contributed by atoms with Gasteiger partial charge in [-0.05, 0) is 6.26 Å². The van der Waals surface area contributed by atoms with Crippen LogP contribution in [0.25, 0.3) is 0 Å². The number of β-lactam (4-membered cyclic amide) rings is 1. The summed E-state index contributed by atoms with van der Waals surface area (Å²) in [6.45, 7) is 0.0406. The molecule has 2 aromatic heterocycles. The predicted octanol–water partition coefficient (Wildman–Crippen LogP) is 0.276. The van der Waals surface area contributed by atoms with Crippen LogP contribution < -0.4 is 11.1 Å². The lowest BCUT2D eigenvalue weighted by Gasteiger charge is -2.53. The Hall–Kier alpha value is -2.15. The number of nitrogens with zero attached hydrogens (tertiary/aromatic N) is 6. The lowest BCUT2D eigenvalue weighted by Crippen LogP contribution is -2.74. The van der Waals surface area contributed by atoms with Crippen molar-refractivity contribution in [2.75, 3.05) is 36.0 Å². The lowest BCUT2D eigenvalue weighted by molar-refractivity contribution is -0.157. The largest absolute Gasteiger partial charge is 0.481 e. The normalized spacial score (nSPS) is 24.3. The molecule has 2 amide bonds. The summed E-state index contributed by atoms with van der Waals surface area (Å²) in [6, 6.07) is -0.832. The molecule has 2 fully saturated rings. The third kappa shape index (κ3) is 5.09. The van der Waals surface area contributed by atoms with Gasteiger partial charge in [-0.3, -0.25) is 14.4 Å². The second kappa shape index (κ2) is 10.6. The van der Waals surface area contributed by atoms with E-state index in [0.29, 0.717) is 4.34 Å². The van der Waals surface area contributed by atoms with Crippen LogP contribution in [0.15, 0.2) is 15.0 Å². The molecule has 2 saturated heterocycles. The van der Waals surface area contributed by atoms with Crippen LogP contribution in [0.3, 0.4) is 0 Å². The molecule has 2 unspecified atom stereocenters. The first-order valence-corrected chi connectivity index (χ1v) is 14.6. The molecule has 2 aromatic rings. The molecule has 2 aliphatic rings. The van der Waals surface area contributed by atoms with Crippen molar-refractivity contribution in [1.29, 1.82) is 0 Å². The molecule has 0 bridgehead atoms. The zero-order chi connectivity index (χ0) is 24.3. The van der Waals surface area contributed by atoms with E-state index in [1.165, 1.54) is 51.5 Å². The van der Waals surface area contributed by atoms with Crippen molar-refractivity contribution in [3.8, 4) is 0 Å². The molecule has 0 radical (unpaired) electrons. The van der Waals surface area contributed by atoms with E-state index in [-0.39, 0.29) is 46.6 Å². The number of hydrogen-bond donors (Lipinski definition) is 3. The minimum atomic E-state index is -1.14. The van der Waals surface area contributed by atoms with E-state index in [4.69, 9.17) is 10.6 Å². The number of amides is 2. The predicted molar refractivity (Wildman–Crippen MR) is 131 cm³/mol. The molecule has 4 N–H and O–H groups in total. The summed E-state index contributed by atoms with van der Waals surface area (Å²) >= 11 is 6.21. The van der Waals surface area contributed by atoms with Crippen LogP contribution in [0.5, 0.6) is 0 Å². The molecule has 4 rings (SSSR count). The van der Waals surface area contributed by atoms with Gasteiger partial charge in [0, 0.05) is 29.6 Å². The number of anilines is 1. The van der Waals surface area contributed by atoms with Gasteiger partial charge in [-0.25, -0.2) is 0 Å². The molecular formula is C16H18N8O5S5. The minimum Gasteiger partial charge on any atom is -0.481 e. The Morgan fingerprint density at radius 3 is 2.97 bits per heavy atom. The SMILES string of the molecule is CSCON=C(C(=O)NC1C(=O)N2CC(CSc3nncs3)(C(=O)O)CS[C@H]12)c1nsc(N)n1. The van der Waals surface area contributed by atoms with Crippen LogP contribution in [-0.4, -0.2) is 94.7 Å². The number of thioether (sulfide) groups is 3. The van der Waals surface area contributed by atoms with Gasteiger partial charge in [0.05, 0.1) is 0 Å². The van der Waals surface area contributed by atoms with E-state index >= 15 is 0 Å². The number of fused-ring (bicyclic) bond motifs is 1. The van der Waals surface area contributed by atoms with Crippen molar-refractivity contribution in [2.24, 2.45) is 10.6 Å². The summed E-state index contributed by atoms with van der Waals surface area (Å²) in [6.07, 6.45) is 1.81. The summed E-state index contributed by atoms with van der Waals surface area (Å²) in [5.74, 6) is -1.30. The van der Waals surface area contributed by atoms with Gasteiger partial charge in [0.25, 0.3) is 5.91 Å². The number of rotatable bonds is 10. The maximum atomic E-state index is 12.9. The van der Waals surface area contributed by atoms with Crippen molar-refractivity contribution < 1.29 is 24.3 Å². The smallest absolute Gasteiger partial charge is 0.313 e. The van der Waals surface area contributed by atoms with Crippen LogP contribution >= 0.6 is 58.2 Å². The van der Waals surface area contributed by atoms with Crippen LogP contribution in [-0.2, 0) is 19.2 Å². The number of oxime groups is 1. The molecule has 3 atom stereocenters. The van der Waals surface area contributed by atoms with Gasteiger partial charge >= 0.3 is 5.97 Å². The Balaban J connectivity index is 1.42. The Labute approximate surface area is 213 Å². The van der Waals surface area contributed by atoms with Gasteiger partial charge in [0.2, 0.25) is 17.4 Å². The number of nitrogens with one attached hydrogen (secondary N) is 1. The number of hydrogen-bond acceptors (Lipinski definition) is 15. The minimum absolute atomic E-state index is 0.000348. The number of carboxylic acids is 1. The molecule has 182 valence electrons. The van der Waals surface area contributed by atoms with Crippen molar-refractivity contribution in [1.82, 2.24) is 29.8 Å². The molecule has 18 heteroatoms. The lowest BCUT2D eigenvalue weighted by atomic mass is 9.89. The summed E-state index contributed by atoms with van der Waals surface area (Å²) in [5, 5.41) is 23.9. The van der Waals surface area contributed by atoms with E-state index in [2.05, 4.69) is 30.0 Å². The van der Waals surface area contributed by atoms with E-state index in [9.17, 15) is 19.5 Å². The molecule has 0 saturated carbocycles. The fraction of sp³-hybridized carbons (Fsp3) is 0.500. The average molecular weight is 563 g/mol. The number of nitrogens with two attached hydrogens (primary N) is 1. The second-order valence-electron chi connectivity index (χ2n) is 7.13. The molecule has 13 nitrogen and oxygen atoms in total. The Morgan fingerprint density at radius 2 is 2.32 bits per heavy atom. The maximum Gasteiger partial charge on any atom is 0.313 e. The topological polar surface area (TPSA) is 186 Å². The van der Waals surface area contributed by atoms with Gasteiger partial charge in [0.15, 0.2) is 15.4 Å². The summed E-state index contributed by atoms with van der Waals surface area (Å²) in [5.41, 5.74) is 5.87. The summed E-state index contributed by atoms with van der Waals surface area (Å²) in [4.78, 5) is 48.4. The number of carbonyl (C=O) groups is 3. The fourth-order valence-electron chi connectivity index (χ4n) is 3.20. The Kier molecular flexibility index (Phi) is 7.80. The summed E-state index contributed by atoms with van der Waals surface area (Å²) < 4.78 is 4.66. The Morgan fingerprint density at radius 1 is 1.50 bits per heavy atom. The second-order valence-corrected chi connectivity index (χ2v) is 11.9. The summed E-state index contributed by atoms with van der Waals surface area (Å²) in [7, 11) is 0. The Bertz CT molecular complexity index is 1100. The van der Waals surface area contributed by atoms with Crippen LogP contribution in [0.1, 0.15) is 5.82 Å². The van der Waals surface area contributed by atoms with Crippen molar-refractivity contribution >= 4 is 86.8 Å². The van der Waals surface area contributed by atoms with Crippen LogP contribution in [0, 0.1) is 5.41 Å². The average Bonchev–Trinajstić information content (AvgIpc) is 3.50. The van der Waals surface area contributed by atoms with Crippen molar-refractivity contribution in [3.63, 3.8) is 0 Å². The van der Waals surface area contributed by atoms with E-state index in [1.807, 2.05) is 0 Å². The molecule has 0 spiro atoms. The van der Waals surface area contributed by atoms with Gasteiger partial charge < -0.3 is 25.9 Å². The third-order valence-corrected chi connectivity index (χ3v) is 9.51.